The summed E-state index contributed by atoms with van der Waals surface area (Å²) in [6.07, 6.45) is 1.60. The van der Waals surface area contributed by atoms with Gasteiger partial charge in [0.25, 0.3) is 0 Å². The lowest BCUT2D eigenvalue weighted by atomic mass is 10.1. The Balaban J connectivity index is 2.62. The summed E-state index contributed by atoms with van der Waals surface area (Å²) in [7, 11) is 0. The van der Waals surface area contributed by atoms with Gasteiger partial charge in [0.2, 0.25) is 0 Å². The van der Waals surface area contributed by atoms with E-state index in [9.17, 15) is 9.59 Å². The van der Waals surface area contributed by atoms with Crippen molar-refractivity contribution in [3.8, 4) is 0 Å². The maximum atomic E-state index is 10.7. The van der Waals surface area contributed by atoms with Crippen LogP contribution in [0.3, 0.4) is 0 Å². The van der Waals surface area contributed by atoms with E-state index in [-0.39, 0.29) is 11.8 Å². The molecule has 1 aliphatic carbocycles. The van der Waals surface area contributed by atoms with Gasteiger partial charge in [0.15, 0.2) is 0 Å². The molecule has 0 spiro atoms. The number of carboxylic acid groups (broad SMARTS) is 2. The van der Waals surface area contributed by atoms with Crippen LogP contribution in [-0.4, -0.2) is 28.2 Å². The van der Waals surface area contributed by atoms with E-state index < -0.39 is 23.9 Å². The molecule has 5 heteroatoms. The molecule has 0 amide bonds. The van der Waals surface area contributed by atoms with Crippen LogP contribution in [0.1, 0.15) is 19.8 Å². The van der Waals surface area contributed by atoms with Gasteiger partial charge in [0.1, 0.15) is 6.04 Å². The highest BCUT2D eigenvalue weighted by Gasteiger charge is 2.58. The summed E-state index contributed by atoms with van der Waals surface area (Å²) in [6.45, 7) is 1.95. The minimum atomic E-state index is -1.11. The highest BCUT2D eigenvalue weighted by molar-refractivity contribution is 5.80. The zero-order chi connectivity index (χ0) is 10.9. The third-order valence-corrected chi connectivity index (χ3v) is 2.84. The van der Waals surface area contributed by atoms with Crippen molar-refractivity contribution < 1.29 is 19.8 Å². The summed E-state index contributed by atoms with van der Waals surface area (Å²) in [5.41, 5.74) is 5.41. The van der Waals surface area contributed by atoms with Crippen molar-refractivity contribution in [3.63, 3.8) is 0 Å². The van der Waals surface area contributed by atoms with Crippen molar-refractivity contribution in [2.24, 2.45) is 23.5 Å². The summed E-state index contributed by atoms with van der Waals surface area (Å²) in [6, 6.07) is -1.03. The summed E-state index contributed by atoms with van der Waals surface area (Å²) in [4.78, 5) is 21.3. The van der Waals surface area contributed by atoms with Gasteiger partial charge >= 0.3 is 11.9 Å². The fourth-order valence-corrected chi connectivity index (χ4v) is 2.11. The lowest BCUT2D eigenvalue weighted by Gasteiger charge is -2.03. The van der Waals surface area contributed by atoms with E-state index in [0.29, 0.717) is 0 Å². The maximum absolute atomic E-state index is 10.7. The minimum Gasteiger partial charge on any atom is -0.481 e. The predicted molar refractivity (Wildman–Crippen MR) is 48.6 cm³/mol. The molecule has 0 aromatic carbocycles. The second-order valence-electron chi connectivity index (χ2n) is 3.76. The molecule has 0 saturated heterocycles. The number of nitrogens with two attached hydrogens (primary N) is 1. The standard InChI is InChI=1S/C9H15NO4/c1-2-3-4-5(6(4)8(11)12)7(10)9(13)14/h4-7H,2-3,10H2,1H3,(H,11,12)(H,13,14)/t4-,5+,6+,7?/m1/s1. The number of hydrogen-bond donors (Lipinski definition) is 3. The normalized spacial score (nSPS) is 32.3. The minimum absolute atomic E-state index is 0.0522. The average Bonchev–Trinajstić information content (AvgIpc) is 2.78. The monoisotopic (exact) mass is 201 g/mol. The Morgan fingerprint density at radius 2 is 2.00 bits per heavy atom. The van der Waals surface area contributed by atoms with E-state index in [0.717, 1.165) is 12.8 Å². The molecule has 0 aliphatic heterocycles. The molecule has 0 radical (unpaired) electrons. The SMILES string of the molecule is CCC[C@H]1[C@H](C(=O)O)[C@H]1C(N)C(=O)O. The van der Waals surface area contributed by atoms with Crippen LogP contribution >= 0.6 is 0 Å². The highest BCUT2D eigenvalue weighted by atomic mass is 16.4. The summed E-state index contributed by atoms with van der Waals surface area (Å²) in [5.74, 6) is -3.03. The predicted octanol–water partition coefficient (Wildman–Crippen LogP) is 0.145. The Hall–Kier alpha value is -1.10. The van der Waals surface area contributed by atoms with Gasteiger partial charge in [0.05, 0.1) is 5.92 Å². The van der Waals surface area contributed by atoms with Crippen LogP contribution in [0.2, 0.25) is 0 Å². The number of aliphatic carboxylic acids is 2. The van der Waals surface area contributed by atoms with E-state index >= 15 is 0 Å². The second-order valence-corrected chi connectivity index (χ2v) is 3.76. The lowest BCUT2D eigenvalue weighted by molar-refractivity contribution is -0.140. The van der Waals surface area contributed by atoms with E-state index in [1.807, 2.05) is 6.92 Å². The first-order valence-electron chi connectivity index (χ1n) is 4.71. The van der Waals surface area contributed by atoms with Crippen molar-refractivity contribution in [2.45, 2.75) is 25.8 Å². The highest BCUT2D eigenvalue weighted by Crippen LogP contribution is 2.50. The van der Waals surface area contributed by atoms with Gasteiger partial charge in [0, 0.05) is 5.92 Å². The summed E-state index contributed by atoms with van der Waals surface area (Å²) < 4.78 is 0. The molecule has 1 aliphatic rings. The van der Waals surface area contributed by atoms with Crippen LogP contribution in [0.15, 0.2) is 0 Å². The van der Waals surface area contributed by atoms with Crippen LogP contribution in [0.4, 0.5) is 0 Å². The van der Waals surface area contributed by atoms with Gasteiger partial charge in [-0.3, -0.25) is 9.59 Å². The maximum Gasteiger partial charge on any atom is 0.320 e. The zero-order valence-corrected chi connectivity index (χ0v) is 8.01. The van der Waals surface area contributed by atoms with E-state index in [1.165, 1.54) is 0 Å². The molecule has 1 saturated carbocycles. The Morgan fingerprint density at radius 1 is 1.43 bits per heavy atom. The first-order valence-corrected chi connectivity index (χ1v) is 4.71. The Morgan fingerprint density at radius 3 is 2.36 bits per heavy atom. The number of rotatable bonds is 5. The molecule has 4 N–H and O–H groups in total. The molecular formula is C9H15NO4. The third-order valence-electron chi connectivity index (χ3n) is 2.84. The van der Waals surface area contributed by atoms with Crippen molar-refractivity contribution >= 4 is 11.9 Å². The summed E-state index contributed by atoms with van der Waals surface area (Å²) >= 11 is 0. The van der Waals surface area contributed by atoms with Crippen molar-refractivity contribution in [1.82, 2.24) is 0 Å². The molecule has 0 bridgehead atoms. The molecule has 0 heterocycles. The first kappa shape index (κ1) is 11.0. The van der Waals surface area contributed by atoms with Crippen molar-refractivity contribution in [3.05, 3.63) is 0 Å². The second kappa shape index (κ2) is 3.96. The molecule has 1 rings (SSSR count). The zero-order valence-electron chi connectivity index (χ0n) is 8.01. The quantitative estimate of drug-likeness (QED) is 0.587. The molecule has 14 heavy (non-hydrogen) atoms. The smallest absolute Gasteiger partial charge is 0.320 e. The fourth-order valence-electron chi connectivity index (χ4n) is 2.11. The Kier molecular flexibility index (Phi) is 3.10. The van der Waals surface area contributed by atoms with Crippen LogP contribution in [0.5, 0.6) is 0 Å². The molecule has 1 unspecified atom stereocenters. The van der Waals surface area contributed by atoms with Gasteiger partial charge in [-0.2, -0.15) is 0 Å². The average molecular weight is 201 g/mol. The lowest BCUT2D eigenvalue weighted by Crippen LogP contribution is -2.34. The molecule has 4 atom stereocenters. The van der Waals surface area contributed by atoms with Gasteiger partial charge < -0.3 is 15.9 Å². The Bertz CT molecular complexity index is 253. The molecule has 5 nitrogen and oxygen atoms in total. The van der Waals surface area contributed by atoms with Crippen LogP contribution < -0.4 is 5.73 Å². The van der Waals surface area contributed by atoms with Crippen LogP contribution in [0.25, 0.3) is 0 Å². The van der Waals surface area contributed by atoms with Crippen molar-refractivity contribution in [1.29, 1.82) is 0 Å². The molecule has 0 aromatic rings. The fraction of sp³-hybridized carbons (Fsp3) is 0.778. The van der Waals surface area contributed by atoms with Crippen molar-refractivity contribution in [2.75, 3.05) is 0 Å². The van der Waals surface area contributed by atoms with Crippen LogP contribution in [0, 0.1) is 17.8 Å². The molecule has 80 valence electrons. The first-order chi connectivity index (χ1) is 6.50. The molecule has 0 aromatic heterocycles. The number of hydrogen-bond acceptors (Lipinski definition) is 3. The van der Waals surface area contributed by atoms with Crippen LogP contribution in [-0.2, 0) is 9.59 Å². The van der Waals surface area contributed by atoms with Gasteiger partial charge in [-0.25, -0.2) is 0 Å². The summed E-state index contributed by atoms with van der Waals surface area (Å²) in [5, 5.41) is 17.5. The van der Waals surface area contributed by atoms with Gasteiger partial charge in [-0.15, -0.1) is 0 Å². The molecular weight excluding hydrogens is 186 g/mol. The number of carbonyl (C=O) groups is 2. The third kappa shape index (κ3) is 1.87. The van der Waals surface area contributed by atoms with E-state index in [1.54, 1.807) is 0 Å². The topological polar surface area (TPSA) is 101 Å². The van der Waals surface area contributed by atoms with E-state index in [2.05, 4.69) is 0 Å². The Labute approximate surface area is 81.9 Å². The largest absolute Gasteiger partial charge is 0.481 e. The molecule has 1 fully saturated rings. The van der Waals surface area contributed by atoms with Gasteiger partial charge in [-0.05, 0) is 12.3 Å². The van der Waals surface area contributed by atoms with E-state index in [4.69, 9.17) is 15.9 Å². The van der Waals surface area contributed by atoms with Gasteiger partial charge in [-0.1, -0.05) is 13.3 Å². The number of carboxylic acids is 2.